The maximum absolute atomic E-state index is 14.1. The van der Waals surface area contributed by atoms with Crippen molar-refractivity contribution < 1.29 is 14.0 Å². The Morgan fingerprint density at radius 2 is 1.41 bits per heavy atom. The summed E-state index contributed by atoms with van der Waals surface area (Å²) in [7, 11) is 0. The molecule has 4 atom stereocenters. The zero-order chi connectivity index (χ0) is 28.3. The molecule has 0 saturated carbocycles. The molecule has 0 aromatic heterocycles. The molecule has 0 bridgehead atoms. The Balaban J connectivity index is 1.58. The summed E-state index contributed by atoms with van der Waals surface area (Å²) in [6.45, 7) is 16.0. The number of carbonyl (C=O) groups excluding carboxylic acids is 2. The fourth-order valence-electron chi connectivity index (χ4n) is 5.93. The molecule has 0 radical (unpaired) electrons. The minimum absolute atomic E-state index is 0.0514. The molecule has 2 heterocycles. The van der Waals surface area contributed by atoms with Gasteiger partial charge in [-0.25, -0.2) is 4.39 Å². The second-order valence-electron chi connectivity index (χ2n) is 12.1. The second-order valence-corrected chi connectivity index (χ2v) is 12.1. The van der Waals surface area contributed by atoms with Crippen LogP contribution in [0.15, 0.2) is 48.5 Å². The van der Waals surface area contributed by atoms with Gasteiger partial charge in [0.15, 0.2) is 0 Å². The number of amides is 2. The van der Waals surface area contributed by atoms with Crippen molar-refractivity contribution in [3.63, 3.8) is 0 Å². The van der Waals surface area contributed by atoms with E-state index in [-0.39, 0.29) is 29.7 Å². The van der Waals surface area contributed by atoms with E-state index in [1.54, 1.807) is 6.07 Å². The molecule has 0 aliphatic carbocycles. The highest BCUT2D eigenvalue weighted by molar-refractivity contribution is 5.95. The Labute approximate surface area is 233 Å². The molecular formula is C32H45FN4O2. The summed E-state index contributed by atoms with van der Waals surface area (Å²) >= 11 is 0. The summed E-state index contributed by atoms with van der Waals surface area (Å²) in [5.74, 6) is -1.11. The molecule has 0 spiro atoms. The number of benzene rings is 2. The lowest BCUT2D eigenvalue weighted by Gasteiger charge is -2.36. The van der Waals surface area contributed by atoms with Crippen molar-refractivity contribution in [3.8, 4) is 11.1 Å². The van der Waals surface area contributed by atoms with E-state index in [9.17, 15) is 14.0 Å². The summed E-state index contributed by atoms with van der Waals surface area (Å²) in [4.78, 5) is 32.4. The van der Waals surface area contributed by atoms with E-state index in [1.807, 2.05) is 44.2 Å². The van der Waals surface area contributed by atoms with Gasteiger partial charge in [0.05, 0.1) is 11.3 Å². The predicted octanol–water partition coefficient (Wildman–Crippen LogP) is 4.58. The predicted molar refractivity (Wildman–Crippen MR) is 155 cm³/mol. The van der Waals surface area contributed by atoms with E-state index < -0.39 is 11.3 Å². The summed E-state index contributed by atoms with van der Waals surface area (Å²) in [6, 6.07) is 15.1. The van der Waals surface area contributed by atoms with Gasteiger partial charge in [0.2, 0.25) is 11.8 Å². The Kier molecular flexibility index (Phi) is 9.12. The molecular weight excluding hydrogens is 491 g/mol. The van der Waals surface area contributed by atoms with E-state index in [2.05, 4.69) is 48.1 Å². The van der Waals surface area contributed by atoms with E-state index in [0.717, 1.165) is 55.7 Å². The van der Waals surface area contributed by atoms with Crippen LogP contribution in [0.25, 0.3) is 11.1 Å². The number of nitrogens with one attached hydrogen (secondary N) is 2. The number of halogens is 1. The minimum atomic E-state index is -1.08. The van der Waals surface area contributed by atoms with Gasteiger partial charge in [-0.2, -0.15) is 0 Å². The molecule has 6 nitrogen and oxygen atoms in total. The minimum Gasteiger partial charge on any atom is -0.352 e. The highest BCUT2D eigenvalue weighted by atomic mass is 19.1. The molecule has 2 amide bonds. The fourth-order valence-corrected chi connectivity index (χ4v) is 5.93. The highest BCUT2D eigenvalue weighted by Gasteiger charge is 2.46. The lowest BCUT2D eigenvalue weighted by Crippen LogP contribution is -2.55. The average molecular weight is 537 g/mol. The first-order valence-electron chi connectivity index (χ1n) is 14.4. The average Bonchev–Trinajstić information content (AvgIpc) is 3.58. The number of likely N-dealkylation sites (tertiary alicyclic amines) is 2. The molecule has 2 aliphatic heterocycles. The molecule has 2 fully saturated rings. The number of hydrogen-bond donors (Lipinski definition) is 2. The Morgan fingerprint density at radius 1 is 0.846 bits per heavy atom. The number of nitrogens with zero attached hydrogens (tertiary/aromatic N) is 2. The van der Waals surface area contributed by atoms with Crippen molar-refractivity contribution in [1.82, 2.24) is 20.4 Å². The first-order valence-corrected chi connectivity index (χ1v) is 14.4. The molecule has 4 unspecified atom stereocenters. The quantitative estimate of drug-likeness (QED) is 0.492. The molecule has 4 rings (SSSR count). The third-order valence-electron chi connectivity index (χ3n) is 8.96. The summed E-state index contributed by atoms with van der Waals surface area (Å²) in [5.41, 5.74) is 1.33. The molecule has 2 aliphatic rings. The van der Waals surface area contributed by atoms with Gasteiger partial charge in [-0.05, 0) is 76.3 Å². The highest BCUT2D eigenvalue weighted by Crippen LogP contribution is 2.35. The van der Waals surface area contributed by atoms with Crippen LogP contribution in [-0.2, 0) is 15.0 Å². The molecule has 212 valence electrons. The van der Waals surface area contributed by atoms with Crippen LogP contribution in [0.2, 0.25) is 0 Å². The number of carbonyl (C=O) groups is 2. The summed E-state index contributed by atoms with van der Waals surface area (Å²) in [6.07, 6.45) is 1.81. The van der Waals surface area contributed by atoms with Gasteiger partial charge in [-0.15, -0.1) is 0 Å². The van der Waals surface area contributed by atoms with Crippen molar-refractivity contribution in [1.29, 1.82) is 0 Å². The van der Waals surface area contributed by atoms with Crippen molar-refractivity contribution in [2.45, 2.75) is 84.0 Å². The van der Waals surface area contributed by atoms with Crippen molar-refractivity contribution in [2.24, 2.45) is 5.92 Å². The topological polar surface area (TPSA) is 64.7 Å². The standard InChI is InChI=1S/C32H45FN4O2/c1-21(2)36-16-14-28(19-36)34-30(38)23(5)32(6,31(39)35-29-15-17-37(20-29)22(3)4)26-12-10-24(11-13-26)25-8-7-9-27(33)18-25/h7-13,18,21-23,28-29H,14-17,19-20H2,1-6H3,(H,34,38)(H,35,39). The number of hydrogen-bond acceptors (Lipinski definition) is 4. The van der Waals surface area contributed by atoms with Crippen molar-refractivity contribution >= 4 is 11.8 Å². The fraction of sp³-hybridized carbons (Fsp3) is 0.562. The maximum atomic E-state index is 14.1. The van der Waals surface area contributed by atoms with Crippen molar-refractivity contribution in [3.05, 3.63) is 59.9 Å². The van der Waals surface area contributed by atoms with Gasteiger partial charge < -0.3 is 10.6 Å². The molecule has 2 aromatic rings. The molecule has 2 N–H and O–H groups in total. The largest absolute Gasteiger partial charge is 0.352 e. The zero-order valence-electron chi connectivity index (χ0n) is 24.3. The molecule has 2 saturated heterocycles. The molecule has 7 heteroatoms. The van der Waals surface area contributed by atoms with Crippen LogP contribution in [-0.4, -0.2) is 72.0 Å². The van der Waals surface area contributed by atoms with Crippen LogP contribution in [0.4, 0.5) is 4.39 Å². The third-order valence-corrected chi connectivity index (χ3v) is 8.96. The first-order chi connectivity index (χ1) is 18.5. The lowest BCUT2D eigenvalue weighted by molar-refractivity contribution is -0.136. The normalized spacial score (nSPS) is 22.7. The van der Waals surface area contributed by atoms with Crippen LogP contribution in [0.5, 0.6) is 0 Å². The SMILES string of the molecule is CC(C)N1CCC(NC(=O)C(C)C(C)(C(=O)NC2CCN(C(C)C)C2)c2ccc(-c3cccc(F)c3)cc2)C1. The van der Waals surface area contributed by atoms with Gasteiger partial charge in [-0.3, -0.25) is 19.4 Å². The number of rotatable bonds is 9. The molecule has 39 heavy (non-hydrogen) atoms. The van der Waals surface area contributed by atoms with Gasteiger partial charge in [0, 0.05) is 50.3 Å². The van der Waals surface area contributed by atoms with Crippen molar-refractivity contribution in [2.75, 3.05) is 26.2 Å². The van der Waals surface area contributed by atoms with Gasteiger partial charge >= 0.3 is 0 Å². The Hall–Kier alpha value is -2.77. The van der Waals surface area contributed by atoms with Gasteiger partial charge in [0.25, 0.3) is 0 Å². The smallest absolute Gasteiger partial charge is 0.231 e. The summed E-state index contributed by atoms with van der Waals surface area (Å²) < 4.78 is 13.8. The summed E-state index contributed by atoms with van der Waals surface area (Å²) in [5, 5.41) is 6.53. The van der Waals surface area contributed by atoms with Gasteiger partial charge in [-0.1, -0.05) is 43.3 Å². The maximum Gasteiger partial charge on any atom is 0.231 e. The Morgan fingerprint density at radius 3 is 1.92 bits per heavy atom. The van der Waals surface area contributed by atoms with E-state index >= 15 is 0 Å². The first kappa shape index (κ1) is 29.2. The Bertz CT molecular complexity index is 1150. The van der Waals surface area contributed by atoms with Crippen LogP contribution in [0.3, 0.4) is 0 Å². The van der Waals surface area contributed by atoms with E-state index in [0.29, 0.717) is 12.1 Å². The van der Waals surface area contributed by atoms with Crippen LogP contribution in [0, 0.1) is 11.7 Å². The second kappa shape index (κ2) is 12.2. The third kappa shape index (κ3) is 6.52. The van der Waals surface area contributed by atoms with Crippen LogP contribution < -0.4 is 10.6 Å². The lowest BCUT2D eigenvalue weighted by atomic mass is 9.70. The van der Waals surface area contributed by atoms with E-state index in [4.69, 9.17) is 0 Å². The van der Waals surface area contributed by atoms with Gasteiger partial charge in [0.1, 0.15) is 5.82 Å². The van der Waals surface area contributed by atoms with Crippen LogP contribution in [0.1, 0.15) is 59.9 Å². The zero-order valence-corrected chi connectivity index (χ0v) is 24.3. The van der Waals surface area contributed by atoms with Crippen LogP contribution >= 0.6 is 0 Å². The van der Waals surface area contributed by atoms with E-state index in [1.165, 1.54) is 12.1 Å². The monoisotopic (exact) mass is 536 g/mol. The molecule has 2 aromatic carbocycles.